The van der Waals surface area contributed by atoms with Crippen LogP contribution in [0.5, 0.6) is 0 Å². The second-order valence-corrected chi connectivity index (χ2v) is 9.05. The molecule has 4 rings (SSSR count). The highest BCUT2D eigenvalue weighted by Crippen LogP contribution is 2.27. The van der Waals surface area contributed by atoms with Crippen LogP contribution in [-0.4, -0.2) is 31.6 Å². The molecule has 1 saturated heterocycles. The summed E-state index contributed by atoms with van der Waals surface area (Å²) in [6.45, 7) is 4.26. The number of aromatic nitrogens is 1. The van der Waals surface area contributed by atoms with Gasteiger partial charge in [0.25, 0.3) is 10.0 Å². The fourth-order valence-corrected chi connectivity index (χ4v) is 4.56. The fourth-order valence-electron chi connectivity index (χ4n) is 3.43. The number of halogens is 2. The minimum atomic E-state index is -4.18. The van der Waals surface area contributed by atoms with Crippen molar-refractivity contribution < 1.29 is 21.7 Å². The fraction of sp³-hybridized carbons (Fsp3) is 0.286. The number of rotatable bonds is 8. The molecule has 0 saturated carbocycles. The molecular formula is C21H22F2N4O3S. The summed E-state index contributed by atoms with van der Waals surface area (Å²) in [7, 11) is -4.18. The molecule has 0 unspecified atom stereocenters. The van der Waals surface area contributed by atoms with Crippen LogP contribution in [0, 0.1) is 18.6 Å². The normalized spacial score (nSPS) is 14.3. The number of likely N-dealkylation sites (tertiary alicyclic amines) is 1. The number of sulfonamides is 1. The lowest BCUT2D eigenvalue weighted by Gasteiger charge is -2.31. The largest absolute Gasteiger partial charge is 0.381 e. The molecule has 2 heterocycles. The Morgan fingerprint density at radius 3 is 2.65 bits per heavy atom. The molecule has 31 heavy (non-hydrogen) atoms. The predicted molar refractivity (Wildman–Crippen MR) is 112 cm³/mol. The molecule has 164 valence electrons. The topological polar surface area (TPSA) is 87.5 Å². The predicted octanol–water partition coefficient (Wildman–Crippen LogP) is 3.88. The summed E-state index contributed by atoms with van der Waals surface area (Å²) in [5.41, 5.74) is 1.89. The minimum absolute atomic E-state index is 0.0476. The summed E-state index contributed by atoms with van der Waals surface area (Å²) in [6, 6.07) is 8.90. The standard InChI is InChI=1S/C21H22F2N4O3S/c1-14-18(6-7-19(21(14)23)31(28,29)26-20-8-11-30-25-20)24-12-16-15(4-2-5-17(16)22)13-27-9-3-10-27/h2,4-8,11,24H,3,9-10,12-13H2,1H3,(H,25,26). The summed E-state index contributed by atoms with van der Waals surface area (Å²) in [6.07, 6.45) is 2.34. The second kappa shape index (κ2) is 8.64. The number of benzene rings is 2. The zero-order chi connectivity index (χ0) is 22.0. The first kappa shape index (κ1) is 21.3. The van der Waals surface area contributed by atoms with Crippen LogP contribution < -0.4 is 10.0 Å². The Morgan fingerprint density at radius 1 is 1.16 bits per heavy atom. The van der Waals surface area contributed by atoms with E-state index in [1.807, 2.05) is 6.07 Å². The molecule has 3 aromatic rings. The molecule has 0 amide bonds. The van der Waals surface area contributed by atoms with Crippen LogP contribution in [-0.2, 0) is 23.1 Å². The molecule has 1 aromatic heterocycles. The van der Waals surface area contributed by atoms with Crippen LogP contribution in [0.1, 0.15) is 23.1 Å². The van der Waals surface area contributed by atoms with Crippen LogP contribution in [0.2, 0.25) is 0 Å². The molecule has 0 bridgehead atoms. The molecule has 0 atom stereocenters. The first-order chi connectivity index (χ1) is 14.8. The summed E-state index contributed by atoms with van der Waals surface area (Å²) < 4.78 is 61.1. The van der Waals surface area contributed by atoms with Crippen molar-refractivity contribution >= 4 is 21.5 Å². The van der Waals surface area contributed by atoms with E-state index in [1.165, 1.54) is 31.4 Å². The van der Waals surface area contributed by atoms with Crippen LogP contribution in [0.3, 0.4) is 0 Å². The van der Waals surface area contributed by atoms with Crippen LogP contribution in [0.25, 0.3) is 0 Å². The number of nitrogens with zero attached hydrogens (tertiary/aromatic N) is 2. The summed E-state index contributed by atoms with van der Waals surface area (Å²) in [5, 5.41) is 6.51. The van der Waals surface area contributed by atoms with Crippen molar-refractivity contribution in [3.63, 3.8) is 0 Å². The molecular weight excluding hydrogens is 426 g/mol. The zero-order valence-electron chi connectivity index (χ0n) is 16.9. The van der Waals surface area contributed by atoms with Crippen molar-refractivity contribution in [2.45, 2.75) is 31.3 Å². The van der Waals surface area contributed by atoms with Gasteiger partial charge in [0.1, 0.15) is 22.8 Å². The molecule has 1 aliphatic rings. The SMILES string of the molecule is Cc1c(NCc2c(F)cccc2CN2CCC2)ccc(S(=O)(=O)Nc2ccon2)c1F. The zero-order valence-corrected chi connectivity index (χ0v) is 17.7. The van der Waals surface area contributed by atoms with Gasteiger partial charge in [-0.05, 0) is 50.2 Å². The van der Waals surface area contributed by atoms with Gasteiger partial charge in [0.05, 0.1) is 0 Å². The average molecular weight is 448 g/mol. The Kier molecular flexibility index (Phi) is 5.92. The number of anilines is 2. The van der Waals surface area contributed by atoms with Gasteiger partial charge >= 0.3 is 0 Å². The molecule has 2 aromatic carbocycles. The molecule has 0 radical (unpaired) electrons. The third kappa shape index (κ3) is 4.54. The highest BCUT2D eigenvalue weighted by atomic mass is 32.2. The van der Waals surface area contributed by atoms with Gasteiger partial charge in [-0.15, -0.1) is 0 Å². The van der Waals surface area contributed by atoms with Crippen LogP contribution in [0.4, 0.5) is 20.3 Å². The molecule has 1 aliphatic heterocycles. The second-order valence-electron chi connectivity index (χ2n) is 7.40. The summed E-state index contributed by atoms with van der Waals surface area (Å²) in [4.78, 5) is 1.72. The maximum atomic E-state index is 14.9. The van der Waals surface area contributed by atoms with E-state index in [1.54, 1.807) is 6.07 Å². The molecule has 1 fully saturated rings. The Labute approximate surface area is 179 Å². The Balaban J connectivity index is 1.53. The lowest BCUT2D eigenvalue weighted by Crippen LogP contribution is -2.36. The minimum Gasteiger partial charge on any atom is -0.381 e. The van der Waals surface area contributed by atoms with Gasteiger partial charge in [0.2, 0.25) is 0 Å². The van der Waals surface area contributed by atoms with E-state index in [-0.39, 0.29) is 23.7 Å². The molecule has 2 N–H and O–H groups in total. The van der Waals surface area contributed by atoms with E-state index < -0.39 is 20.7 Å². The van der Waals surface area contributed by atoms with Crippen molar-refractivity contribution in [2.24, 2.45) is 0 Å². The van der Waals surface area contributed by atoms with E-state index in [2.05, 4.69) is 24.6 Å². The molecule has 0 spiro atoms. The smallest absolute Gasteiger partial charge is 0.266 e. The lowest BCUT2D eigenvalue weighted by molar-refractivity contribution is 0.172. The summed E-state index contributed by atoms with van der Waals surface area (Å²) >= 11 is 0. The van der Waals surface area contributed by atoms with Gasteiger partial charge < -0.3 is 9.84 Å². The highest BCUT2D eigenvalue weighted by Gasteiger charge is 2.23. The first-order valence-corrected chi connectivity index (χ1v) is 11.3. The van der Waals surface area contributed by atoms with Crippen LogP contribution >= 0.6 is 0 Å². The number of hydrogen-bond acceptors (Lipinski definition) is 6. The first-order valence-electron chi connectivity index (χ1n) is 9.80. The molecule has 0 aliphatic carbocycles. The van der Waals surface area contributed by atoms with E-state index >= 15 is 0 Å². The van der Waals surface area contributed by atoms with Crippen molar-refractivity contribution in [1.29, 1.82) is 0 Å². The maximum absolute atomic E-state index is 14.9. The number of hydrogen-bond donors (Lipinski definition) is 2. The van der Waals surface area contributed by atoms with Gasteiger partial charge in [-0.3, -0.25) is 9.62 Å². The monoisotopic (exact) mass is 448 g/mol. The quantitative estimate of drug-likeness (QED) is 0.544. The van der Waals surface area contributed by atoms with Crippen molar-refractivity contribution in [3.8, 4) is 0 Å². The third-order valence-corrected chi connectivity index (χ3v) is 6.70. The van der Waals surface area contributed by atoms with Gasteiger partial charge in [-0.2, -0.15) is 0 Å². The Morgan fingerprint density at radius 2 is 1.97 bits per heavy atom. The Bertz CT molecular complexity index is 1180. The van der Waals surface area contributed by atoms with Crippen molar-refractivity contribution in [1.82, 2.24) is 10.1 Å². The highest BCUT2D eigenvalue weighted by molar-refractivity contribution is 7.92. The van der Waals surface area contributed by atoms with Gasteiger partial charge in [-0.1, -0.05) is 17.3 Å². The van der Waals surface area contributed by atoms with Crippen molar-refractivity contribution in [3.05, 3.63) is 71.0 Å². The molecule has 7 nitrogen and oxygen atoms in total. The van der Waals surface area contributed by atoms with Crippen molar-refractivity contribution in [2.75, 3.05) is 23.1 Å². The summed E-state index contributed by atoms with van der Waals surface area (Å²) in [5.74, 6) is -1.27. The van der Waals surface area contributed by atoms with Gasteiger partial charge in [0.15, 0.2) is 5.82 Å². The average Bonchev–Trinajstić information content (AvgIpc) is 3.19. The van der Waals surface area contributed by atoms with E-state index in [0.29, 0.717) is 17.8 Å². The maximum Gasteiger partial charge on any atom is 0.266 e. The van der Waals surface area contributed by atoms with Crippen LogP contribution in [0.15, 0.2) is 52.1 Å². The lowest BCUT2D eigenvalue weighted by atomic mass is 10.0. The van der Waals surface area contributed by atoms with E-state index in [9.17, 15) is 17.2 Å². The molecule has 10 heteroatoms. The number of nitrogens with one attached hydrogen (secondary N) is 2. The third-order valence-electron chi connectivity index (χ3n) is 5.33. The van der Waals surface area contributed by atoms with Gasteiger partial charge in [-0.25, -0.2) is 17.2 Å². The van der Waals surface area contributed by atoms with E-state index in [0.717, 1.165) is 31.1 Å². The van der Waals surface area contributed by atoms with Gasteiger partial charge in [0, 0.05) is 36.0 Å². The van der Waals surface area contributed by atoms with E-state index in [4.69, 9.17) is 0 Å². The Hall–Kier alpha value is -2.98.